The summed E-state index contributed by atoms with van der Waals surface area (Å²) < 4.78 is 0. The van der Waals surface area contributed by atoms with E-state index in [1.54, 1.807) is 0 Å². The van der Waals surface area contributed by atoms with Gasteiger partial charge >= 0.3 is 0 Å². The Morgan fingerprint density at radius 1 is 1.00 bits per heavy atom. The second-order valence-electron chi connectivity index (χ2n) is 5.80. The smallest absolute Gasteiger partial charge is 0.224 e. The molecule has 2 aromatic rings. The van der Waals surface area contributed by atoms with Crippen LogP contribution in [0, 0.1) is 0 Å². The van der Waals surface area contributed by atoms with Gasteiger partial charge in [0.2, 0.25) is 5.91 Å². The number of nitrogens with one attached hydrogen (secondary N) is 1. The third-order valence-corrected chi connectivity index (χ3v) is 3.69. The number of hydrogen-bond acceptors (Lipinski definition) is 2. The largest absolute Gasteiger partial charge is 0.387 e. The van der Waals surface area contributed by atoms with Gasteiger partial charge in [-0.25, -0.2) is 0 Å². The fraction of sp³-hybridized carbons (Fsp3) is 0.316. The van der Waals surface area contributed by atoms with Gasteiger partial charge in [0.15, 0.2) is 0 Å². The van der Waals surface area contributed by atoms with Crippen LogP contribution in [0.4, 0.5) is 0 Å². The maximum atomic E-state index is 11.9. The van der Waals surface area contributed by atoms with E-state index in [1.165, 1.54) is 5.56 Å². The first-order valence-electron chi connectivity index (χ1n) is 7.65. The van der Waals surface area contributed by atoms with Gasteiger partial charge in [0.05, 0.1) is 12.5 Å². The summed E-state index contributed by atoms with van der Waals surface area (Å²) in [6, 6.07) is 17.5. The van der Waals surface area contributed by atoms with Crippen molar-refractivity contribution in [3.05, 3.63) is 71.3 Å². The zero-order chi connectivity index (χ0) is 15.9. The predicted octanol–water partition coefficient (Wildman–Crippen LogP) is 3.20. The summed E-state index contributed by atoms with van der Waals surface area (Å²) in [5, 5.41) is 12.9. The lowest BCUT2D eigenvalue weighted by atomic mass is 10.00. The lowest BCUT2D eigenvalue weighted by Crippen LogP contribution is -2.29. The summed E-state index contributed by atoms with van der Waals surface area (Å²) in [6.07, 6.45) is -0.347. The fourth-order valence-corrected chi connectivity index (χ4v) is 2.28. The molecule has 1 amide bonds. The van der Waals surface area contributed by atoms with Crippen molar-refractivity contribution in [1.29, 1.82) is 0 Å². The summed E-state index contributed by atoms with van der Waals surface area (Å²) >= 11 is 0. The van der Waals surface area contributed by atoms with E-state index in [0.29, 0.717) is 12.3 Å². The zero-order valence-corrected chi connectivity index (χ0v) is 13.1. The van der Waals surface area contributed by atoms with Gasteiger partial charge in [-0.15, -0.1) is 0 Å². The van der Waals surface area contributed by atoms with E-state index in [2.05, 4.69) is 19.2 Å². The number of rotatable bonds is 6. The molecule has 0 saturated heterocycles. The minimum absolute atomic E-state index is 0.0796. The monoisotopic (exact) mass is 297 g/mol. The van der Waals surface area contributed by atoms with Crippen LogP contribution in [0.3, 0.4) is 0 Å². The Kier molecular flexibility index (Phi) is 5.73. The Balaban J connectivity index is 1.84. The fourth-order valence-electron chi connectivity index (χ4n) is 2.28. The Labute approximate surface area is 132 Å². The molecule has 1 unspecified atom stereocenters. The first-order valence-corrected chi connectivity index (χ1v) is 7.65. The lowest BCUT2D eigenvalue weighted by molar-refractivity contribution is -0.120. The first-order chi connectivity index (χ1) is 10.6. The highest BCUT2D eigenvalue weighted by molar-refractivity contribution is 5.78. The van der Waals surface area contributed by atoms with Crippen LogP contribution in [0.5, 0.6) is 0 Å². The van der Waals surface area contributed by atoms with Crippen molar-refractivity contribution in [3.8, 4) is 0 Å². The van der Waals surface area contributed by atoms with Gasteiger partial charge in [0, 0.05) is 6.54 Å². The predicted molar refractivity (Wildman–Crippen MR) is 88.6 cm³/mol. The van der Waals surface area contributed by atoms with Crippen LogP contribution in [-0.4, -0.2) is 17.6 Å². The Morgan fingerprint density at radius 2 is 1.59 bits per heavy atom. The van der Waals surface area contributed by atoms with Crippen LogP contribution in [0.25, 0.3) is 0 Å². The molecule has 0 heterocycles. The standard InChI is InChI=1S/C19H23NO2/c1-14(2)16-8-10-17(11-9-16)18(21)13-20-19(22)12-15-6-4-3-5-7-15/h3-11,14,18,21H,12-13H2,1-2H3,(H,20,22). The third kappa shape index (κ3) is 4.71. The molecule has 0 fully saturated rings. The van der Waals surface area contributed by atoms with Gasteiger partial charge in [-0.3, -0.25) is 4.79 Å². The molecular formula is C19H23NO2. The molecule has 0 saturated carbocycles. The van der Waals surface area contributed by atoms with Crippen molar-refractivity contribution >= 4 is 5.91 Å². The van der Waals surface area contributed by atoms with Gasteiger partial charge in [0.1, 0.15) is 0 Å². The van der Waals surface area contributed by atoms with E-state index in [9.17, 15) is 9.90 Å². The molecule has 0 aliphatic heterocycles. The number of aliphatic hydroxyl groups excluding tert-OH is 1. The maximum Gasteiger partial charge on any atom is 0.224 e. The highest BCUT2D eigenvalue weighted by atomic mass is 16.3. The molecule has 0 aliphatic carbocycles. The van der Waals surface area contributed by atoms with E-state index in [0.717, 1.165) is 11.1 Å². The second-order valence-corrected chi connectivity index (χ2v) is 5.80. The van der Waals surface area contributed by atoms with Crippen molar-refractivity contribution in [1.82, 2.24) is 5.32 Å². The lowest BCUT2D eigenvalue weighted by Gasteiger charge is -2.14. The molecule has 3 heteroatoms. The highest BCUT2D eigenvalue weighted by Crippen LogP contribution is 2.18. The van der Waals surface area contributed by atoms with E-state index in [1.807, 2.05) is 54.6 Å². The van der Waals surface area contributed by atoms with E-state index < -0.39 is 6.10 Å². The summed E-state index contributed by atoms with van der Waals surface area (Å²) in [5.41, 5.74) is 3.03. The van der Waals surface area contributed by atoms with Crippen LogP contribution < -0.4 is 5.32 Å². The van der Waals surface area contributed by atoms with Gasteiger partial charge in [-0.2, -0.15) is 0 Å². The van der Waals surface area contributed by atoms with E-state index in [4.69, 9.17) is 0 Å². The Morgan fingerprint density at radius 3 is 2.18 bits per heavy atom. The number of aliphatic hydroxyl groups is 1. The molecule has 0 aliphatic rings. The van der Waals surface area contributed by atoms with Gasteiger partial charge < -0.3 is 10.4 Å². The highest BCUT2D eigenvalue weighted by Gasteiger charge is 2.10. The van der Waals surface area contributed by atoms with Gasteiger partial charge in [-0.05, 0) is 22.6 Å². The molecule has 0 spiro atoms. The van der Waals surface area contributed by atoms with Crippen molar-refractivity contribution in [2.75, 3.05) is 6.54 Å². The SMILES string of the molecule is CC(C)c1ccc(C(O)CNC(=O)Cc2ccccc2)cc1. The minimum Gasteiger partial charge on any atom is -0.387 e. The second kappa shape index (κ2) is 7.76. The number of carbonyl (C=O) groups is 1. The van der Waals surface area contributed by atoms with Crippen LogP contribution in [-0.2, 0) is 11.2 Å². The molecule has 0 aromatic heterocycles. The summed E-state index contributed by atoms with van der Waals surface area (Å²) in [6.45, 7) is 4.50. The maximum absolute atomic E-state index is 11.9. The van der Waals surface area contributed by atoms with E-state index >= 15 is 0 Å². The summed E-state index contributed by atoms with van der Waals surface area (Å²) in [4.78, 5) is 11.9. The average molecular weight is 297 g/mol. The van der Waals surface area contributed by atoms with Crippen molar-refractivity contribution in [2.45, 2.75) is 32.3 Å². The average Bonchev–Trinajstić information content (AvgIpc) is 2.53. The summed E-state index contributed by atoms with van der Waals surface area (Å²) in [5.74, 6) is 0.390. The van der Waals surface area contributed by atoms with E-state index in [-0.39, 0.29) is 12.5 Å². The number of benzene rings is 2. The van der Waals surface area contributed by atoms with Crippen LogP contribution in [0.1, 0.15) is 42.6 Å². The van der Waals surface area contributed by atoms with Crippen LogP contribution in [0.2, 0.25) is 0 Å². The molecular weight excluding hydrogens is 274 g/mol. The van der Waals surface area contributed by atoms with Gasteiger partial charge in [-0.1, -0.05) is 68.4 Å². The van der Waals surface area contributed by atoms with Crippen molar-refractivity contribution in [3.63, 3.8) is 0 Å². The van der Waals surface area contributed by atoms with Crippen molar-refractivity contribution in [2.24, 2.45) is 0 Å². The third-order valence-electron chi connectivity index (χ3n) is 3.69. The molecule has 0 bridgehead atoms. The number of hydrogen-bond donors (Lipinski definition) is 2. The summed E-state index contributed by atoms with van der Waals surface area (Å²) in [7, 11) is 0. The molecule has 22 heavy (non-hydrogen) atoms. The molecule has 2 N–H and O–H groups in total. The van der Waals surface area contributed by atoms with Crippen molar-refractivity contribution < 1.29 is 9.90 Å². The zero-order valence-electron chi connectivity index (χ0n) is 13.1. The van der Waals surface area contributed by atoms with Crippen LogP contribution >= 0.6 is 0 Å². The van der Waals surface area contributed by atoms with Crippen LogP contribution in [0.15, 0.2) is 54.6 Å². The quantitative estimate of drug-likeness (QED) is 0.860. The molecule has 2 rings (SSSR count). The Hall–Kier alpha value is -2.13. The first kappa shape index (κ1) is 16.2. The molecule has 1 atom stereocenters. The molecule has 0 radical (unpaired) electrons. The molecule has 3 nitrogen and oxygen atoms in total. The number of amides is 1. The number of carbonyl (C=O) groups excluding carboxylic acids is 1. The van der Waals surface area contributed by atoms with Gasteiger partial charge in [0.25, 0.3) is 0 Å². The Bertz CT molecular complexity index is 591. The molecule has 2 aromatic carbocycles. The normalized spacial score (nSPS) is 12.2. The molecule has 116 valence electrons. The topological polar surface area (TPSA) is 49.3 Å². The minimum atomic E-state index is -0.680.